The Hall–Kier alpha value is -2.89. The van der Waals surface area contributed by atoms with Crippen LogP contribution in [0.2, 0.25) is 0 Å². The van der Waals surface area contributed by atoms with Crippen LogP contribution in [0.5, 0.6) is 5.75 Å². The van der Waals surface area contributed by atoms with Gasteiger partial charge in [0, 0.05) is 11.8 Å². The lowest BCUT2D eigenvalue weighted by Crippen LogP contribution is -2.16. The Kier molecular flexibility index (Phi) is 4.18. The van der Waals surface area contributed by atoms with Crippen LogP contribution in [-0.4, -0.2) is 24.1 Å². The zero-order chi connectivity index (χ0) is 15.4. The van der Waals surface area contributed by atoms with Crippen LogP contribution in [0.3, 0.4) is 0 Å². The number of hydrogen-bond acceptors (Lipinski definition) is 3. The van der Waals surface area contributed by atoms with Crippen molar-refractivity contribution in [2.75, 3.05) is 12.4 Å². The molecular weight excluding hydrogens is 277 g/mol. The molecule has 0 aliphatic heterocycles. The third-order valence-electron chi connectivity index (χ3n) is 2.81. The van der Waals surface area contributed by atoms with Gasteiger partial charge in [-0.3, -0.25) is 4.79 Å². The molecule has 0 aliphatic rings. The predicted molar refractivity (Wildman–Crippen MR) is 74.3 cm³/mol. The maximum Gasteiger partial charge on any atom is 0.336 e. The molecule has 0 spiro atoms. The second kappa shape index (κ2) is 6.04. The van der Waals surface area contributed by atoms with Gasteiger partial charge in [-0.2, -0.15) is 0 Å². The molecule has 0 atom stereocenters. The SMILES string of the molecule is COc1cc(NC(=O)c2ccccc2C(=O)O)ccc1F. The predicted octanol–water partition coefficient (Wildman–Crippen LogP) is 2.78. The van der Waals surface area contributed by atoms with Crippen molar-refractivity contribution in [3.05, 3.63) is 59.4 Å². The van der Waals surface area contributed by atoms with Gasteiger partial charge in [0.05, 0.1) is 18.2 Å². The van der Waals surface area contributed by atoms with E-state index in [2.05, 4.69) is 5.32 Å². The quantitative estimate of drug-likeness (QED) is 0.907. The minimum Gasteiger partial charge on any atom is -0.494 e. The molecule has 0 aromatic heterocycles. The van der Waals surface area contributed by atoms with Crippen molar-refractivity contribution in [2.45, 2.75) is 0 Å². The molecule has 2 aromatic carbocycles. The van der Waals surface area contributed by atoms with Gasteiger partial charge < -0.3 is 15.2 Å². The summed E-state index contributed by atoms with van der Waals surface area (Å²) in [6, 6.07) is 9.66. The lowest BCUT2D eigenvalue weighted by atomic mass is 10.1. The standard InChI is InChI=1S/C15H12FNO4/c1-21-13-8-9(6-7-12(13)16)17-14(18)10-4-2-3-5-11(10)15(19)20/h2-8H,1H3,(H,17,18)(H,19,20). The Balaban J connectivity index is 2.28. The van der Waals surface area contributed by atoms with E-state index in [4.69, 9.17) is 9.84 Å². The fourth-order valence-electron chi connectivity index (χ4n) is 1.80. The van der Waals surface area contributed by atoms with Crippen molar-refractivity contribution in [3.63, 3.8) is 0 Å². The number of halogens is 1. The third kappa shape index (κ3) is 3.17. The molecule has 2 N–H and O–H groups in total. The summed E-state index contributed by atoms with van der Waals surface area (Å²) in [5.74, 6) is -2.36. The highest BCUT2D eigenvalue weighted by Gasteiger charge is 2.16. The van der Waals surface area contributed by atoms with Crippen molar-refractivity contribution in [1.82, 2.24) is 0 Å². The highest BCUT2D eigenvalue weighted by Crippen LogP contribution is 2.22. The number of methoxy groups -OCH3 is 1. The first-order chi connectivity index (χ1) is 10.0. The van der Waals surface area contributed by atoms with E-state index in [-0.39, 0.29) is 16.9 Å². The van der Waals surface area contributed by atoms with E-state index < -0.39 is 17.7 Å². The fraction of sp³-hybridized carbons (Fsp3) is 0.0667. The summed E-state index contributed by atoms with van der Waals surface area (Å²) >= 11 is 0. The monoisotopic (exact) mass is 289 g/mol. The third-order valence-corrected chi connectivity index (χ3v) is 2.81. The lowest BCUT2D eigenvalue weighted by molar-refractivity contribution is 0.0692. The van der Waals surface area contributed by atoms with Gasteiger partial charge in [-0.05, 0) is 24.3 Å². The Morgan fingerprint density at radius 3 is 2.43 bits per heavy atom. The van der Waals surface area contributed by atoms with Crippen LogP contribution in [0.15, 0.2) is 42.5 Å². The number of carboxylic acid groups (broad SMARTS) is 1. The van der Waals surface area contributed by atoms with E-state index in [9.17, 15) is 14.0 Å². The number of ether oxygens (including phenoxy) is 1. The van der Waals surface area contributed by atoms with E-state index in [0.717, 1.165) is 6.07 Å². The molecule has 0 saturated heterocycles. The van der Waals surface area contributed by atoms with Crippen LogP contribution in [0.4, 0.5) is 10.1 Å². The zero-order valence-electron chi connectivity index (χ0n) is 11.1. The summed E-state index contributed by atoms with van der Waals surface area (Å²) in [5, 5.41) is 11.6. The van der Waals surface area contributed by atoms with Crippen LogP contribution >= 0.6 is 0 Å². The first-order valence-electron chi connectivity index (χ1n) is 6.00. The van der Waals surface area contributed by atoms with Crippen LogP contribution in [0.25, 0.3) is 0 Å². The van der Waals surface area contributed by atoms with E-state index in [1.807, 2.05) is 0 Å². The first-order valence-corrected chi connectivity index (χ1v) is 6.00. The average molecular weight is 289 g/mol. The van der Waals surface area contributed by atoms with Gasteiger partial charge in [-0.25, -0.2) is 9.18 Å². The summed E-state index contributed by atoms with van der Waals surface area (Å²) in [6.45, 7) is 0. The highest BCUT2D eigenvalue weighted by atomic mass is 19.1. The topological polar surface area (TPSA) is 75.6 Å². The summed E-state index contributed by atoms with van der Waals surface area (Å²) in [5.41, 5.74) is 0.218. The Morgan fingerprint density at radius 2 is 1.81 bits per heavy atom. The van der Waals surface area contributed by atoms with Crippen molar-refractivity contribution in [1.29, 1.82) is 0 Å². The van der Waals surface area contributed by atoms with Gasteiger partial charge in [-0.1, -0.05) is 12.1 Å². The molecule has 0 heterocycles. The molecule has 0 bridgehead atoms. The van der Waals surface area contributed by atoms with E-state index in [1.54, 1.807) is 6.07 Å². The molecule has 1 amide bonds. The molecule has 2 aromatic rings. The maximum atomic E-state index is 13.3. The second-order valence-electron chi connectivity index (χ2n) is 4.15. The minimum atomic E-state index is -1.20. The van der Waals surface area contributed by atoms with Crippen molar-refractivity contribution in [2.24, 2.45) is 0 Å². The van der Waals surface area contributed by atoms with Crippen LogP contribution in [-0.2, 0) is 0 Å². The van der Waals surface area contributed by atoms with E-state index in [1.165, 1.54) is 37.4 Å². The smallest absolute Gasteiger partial charge is 0.336 e. The minimum absolute atomic E-state index is 0.0145. The molecule has 0 radical (unpaired) electrons. The number of carboxylic acids is 1. The molecular formula is C15H12FNO4. The number of anilines is 1. The van der Waals surface area contributed by atoms with Crippen molar-refractivity contribution < 1.29 is 23.8 Å². The molecule has 21 heavy (non-hydrogen) atoms. The lowest BCUT2D eigenvalue weighted by Gasteiger charge is -2.09. The molecule has 0 saturated carbocycles. The molecule has 108 valence electrons. The summed E-state index contributed by atoms with van der Waals surface area (Å²) in [7, 11) is 1.31. The molecule has 0 fully saturated rings. The average Bonchev–Trinajstić information content (AvgIpc) is 2.49. The van der Waals surface area contributed by atoms with E-state index in [0.29, 0.717) is 5.69 Å². The first kappa shape index (κ1) is 14.5. The van der Waals surface area contributed by atoms with Gasteiger partial charge in [0.15, 0.2) is 11.6 Å². The van der Waals surface area contributed by atoms with Crippen LogP contribution < -0.4 is 10.1 Å². The van der Waals surface area contributed by atoms with Crippen LogP contribution in [0.1, 0.15) is 20.7 Å². The normalized spacial score (nSPS) is 10.0. The number of benzene rings is 2. The largest absolute Gasteiger partial charge is 0.494 e. The molecule has 2 rings (SSSR count). The van der Waals surface area contributed by atoms with Gasteiger partial charge >= 0.3 is 5.97 Å². The molecule has 0 aliphatic carbocycles. The van der Waals surface area contributed by atoms with Crippen LogP contribution in [0, 0.1) is 5.82 Å². The molecule has 6 heteroatoms. The number of rotatable bonds is 4. The van der Waals surface area contributed by atoms with Gasteiger partial charge in [-0.15, -0.1) is 0 Å². The number of nitrogens with one attached hydrogen (secondary N) is 1. The number of aromatic carboxylic acids is 1. The number of carbonyl (C=O) groups excluding carboxylic acids is 1. The Bertz CT molecular complexity index is 700. The summed E-state index contributed by atoms with van der Waals surface area (Å²) in [4.78, 5) is 23.2. The number of hydrogen-bond donors (Lipinski definition) is 2. The van der Waals surface area contributed by atoms with Gasteiger partial charge in [0.25, 0.3) is 5.91 Å². The maximum absolute atomic E-state index is 13.3. The second-order valence-corrected chi connectivity index (χ2v) is 4.15. The van der Waals surface area contributed by atoms with E-state index >= 15 is 0 Å². The zero-order valence-corrected chi connectivity index (χ0v) is 11.1. The number of amides is 1. The molecule has 0 unspecified atom stereocenters. The van der Waals surface area contributed by atoms with Gasteiger partial charge in [0.1, 0.15) is 0 Å². The number of carbonyl (C=O) groups is 2. The Morgan fingerprint density at radius 1 is 1.14 bits per heavy atom. The summed E-state index contributed by atoms with van der Waals surface area (Å²) < 4.78 is 18.1. The fourth-order valence-corrected chi connectivity index (χ4v) is 1.80. The van der Waals surface area contributed by atoms with Gasteiger partial charge in [0.2, 0.25) is 0 Å². The Labute approximate surface area is 120 Å². The highest BCUT2D eigenvalue weighted by molar-refractivity contribution is 6.10. The van der Waals surface area contributed by atoms with Crippen molar-refractivity contribution in [3.8, 4) is 5.75 Å². The summed E-state index contributed by atoms with van der Waals surface area (Å²) in [6.07, 6.45) is 0. The van der Waals surface area contributed by atoms with Crippen molar-refractivity contribution >= 4 is 17.6 Å². The molecule has 5 nitrogen and oxygen atoms in total.